The molecule has 0 radical (unpaired) electrons. The van der Waals surface area contributed by atoms with Crippen molar-refractivity contribution in [2.24, 2.45) is 0 Å². The highest BCUT2D eigenvalue weighted by Crippen LogP contribution is 2.49. The third kappa shape index (κ3) is 5.90. The minimum Gasteiger partial charge on any atom is -0.310 e. The number of nitrogens with zero attached hydrogens (tertiary/aromatic N) is 1. The van der Waals surface area contributed by atoms with Gasteiger partial charge in [0.05, 0.1) is 0 Å². The van der Waals surface area contributed by atoms with Crippen LogP contribution in [0.3, 0.4) is 0 Å². The average molecular weight is 716 g/mol. The lowest BCUT2D eigenvalue weighted by Gasteiger charge is -2.27. The van der Waals surface area contributed by atoms with Crippen molar-refractivity contribution >= 4 is 27.8 Å². The predicted molar refractivity (Wildman–Crippen MR) is 238 cm³/mol. The lowest BCUT2D eigenvalue weighted by atomic mass is 9.81. The quantitative estimate of drug-likeness (QED) is 0.159. The molecule has 1 nitrogen and oxygen atoms in total. The maximum absolute atomic E-state index is 2.40. The lowest BCUT2D eigenvalue weighted by Crippen LogP contribution is -2.14. The van der Waals surface area contributed by atoms with Crippen LogP contribution < -0.4 is 4.90 Å². The van der Waals surface area contributed by atoms with Crippen LogP contribution in [0.15, 0.2) is 212 Å². The Morgan fingerprint density at radius 3 is 1.50 bits per heavy atom. The van der Waals surface area contributed by atoms with E-state index in [9.17, 15) is 0 Å². The first kappa shape index (κ1) is 33.6. The van der Waals surface area contributed by atoms with Gasteiger partial charge in [-0.25, -0.2) is 0 Å². The zero-order chi connectivity index (χ0) is 37.6. The van der Waals surface area contributed by atoms with Crippen molar-refractivity contribution in [1.82, 2.24) is 0 Å². The first-order valence-electron chi connectivity index (χ1n) is 19.5. The van der Waals surface area contributed by atoms with Crippen molar-refractivity contribution in [3.63, 3.8) is 0 Å². The molecular formula is C55H41N. The first-order chi connectivity index (χ1) is 27.5. The Labute approximate surface area is 329 Å². The van der Waals surface area contributed by atoms with Crippen LogP contribution in [0.5, 0.6) is 0 Å². The van der Waals surface area contributed by atoms with Crippen molar-refractivity contribution < 1.29 is 0 Å². The number of rotatable bonds is 7. The Morgan fingerprint density at radius 2 is 0.786 bits per heavy atom. The molecule has 0 bridgehead atoms. The Kier molecular flexibility index (Phi) is 8.23. The Balaban J connectivity index is 1.03. The predicted octanol–water partition coefficient (Wildman–Crippen LogP) is 15.3. The summed E-state index contributed by atoms with van der Waals surface area (Å²) in [5, 5.41) is 2.50. The molecule has 0 aliphatic heterocycles. The summed E-state index contributed by atoms with van der Waals surface area (Å²) < 4.78 is 0. The Bertz CT molecular complexity index is 2840. The van der Waals surface area contributed by atoms with Crippen LogP contribution in [0.2, 0.25) is 0 Å². The van der Waals surface area contributed by atoms with Gasteiger partial charge in [0, 0.05) is 22.5 Å². The minimum absolute atomic E-state index is 0.0378. The van der Waals surface area contributed by atoms with Crippen molar-refractivity contribution in [3.8, 4) is 55.6 Å². The molecule has 0 atom stereocenters. The largest absolute Gasteiger partial charge is 0.310 e. The maximum Gasteiger partial charge on any atom is 0.0467 e. The fraction of sp³-hybridized carbons (Fsp3) is 0.0545. The molecule has 0 aromatic heterocycles. The molecule has 9 aromatic rings. The molecule has 56 heavy (non-hydrogen) atoms. The monoisotopic (exact) mass is 715 g/mol. The Hall–Kier alpha value is -6.96. The van der Waals surface area contributed by atoms with E-state index in [-0.39, 0.29) is 5.41 Å². The van der Waals surface area contributed by atoms with E-state index in [1.807, 2.05) is 0 Å². The van der Waals surface area contributed by atoms with Gasteiger partial charge in [-0.05, 0) is 120 Å². The van der Waals surface area contributed by atoms with E-state index >= 15 is 0 Å². The topological polar surface area (TPSA) is 3.24 Å². The zero-order valence-corrected chi connectivity index (χ0v) is 31.7. The number of hydrogen-bond donors (Lipinski definition) is 0. The number of fused-ring (bicyclic) bond motifs is 4. The molecule has 0 spiro atoms. The van der Waals surface area contributed by atoms with Gasteiger partial charge in [0.2, 0.25) is 0 Å². The third-order valence-corrected chi connectivity index (χ3v) is 11.7. The number of hydrogen-bond acceptors (Lipinski definition) is 1. The summed E-state index contributed by atoms with van der Waals surface area (Å²) in [5.74, 6) is 0. The second-order valence-electron chi connectivity index (χ2n) is 15.4. The first-order valence-corrected chi connectivity index (χ1v) is 19.5. The van der Waals surface area contributed by atoms with Crippen LogP contribution in [0, 0.1) is 0 Å². The van der Waals surface area contributed by atoms with E-state index in [2.05, 4.69) is 231 Å². The third-order valence-electron chi connectivity index (χ3n) is 11.7. The summed E-state index contributed by atoms with van der Waals surface area (Å²) in [7, 11) is 0. The van der Waals surface area contributed by atoms with Gasteiger partial charge in [0.1, 0.15) is 0 Å². The van der Waals surface area contributed by atoms with Crippen molar-refractivity contribution in [2.45, 2.75) is 19.3 Å². The van der Waals surface area contributed by atoms with Gasteiger partial charge in [-0.3, -0.25) is 0 Å². The van der Waals surface area contributed by atoms with Crippen LogP contribution in [0.1, 0.15) is 25.0 Å². The molecule has 9 aromatic carbocycles. The fourth-order valence-electron chi connectivity index (χ4n) is 8.71. The molecule has 0 saturated carbocycles. The standard InChI is InChI=1S/C55H41N/c1-55(2)53-21-9-8-19-51(53)52-35-30-44(37-54(52)55)42-28-33-47(34-29-42)56(48-17-10-16-45(36-48)50-20-11-15-43-14-6-7-18-49(43)50)46-31-26-41(27-32-46)40-24-22-39(23-25-40)38-12-4-3-5-13-38/h3-37H,1-2H3. The smallest absolute Gasteiger partial charge is 0.0467 e. The highest BCUT2D eigenvalue weighted by atomic mass is 15.1. The normalized spacial score (nSPS) is 12.6. The Morgan fingerprint density at radius 1 is 0.304 bits per heavy atom. The summed E-state index contributed by atoms with van der Waals surface area (Å²) in [6.07, 6.45) is 0. The second kappa shape index (κ2) is 13.7. The molecule has 0 fully saturated rings. The van der Waals surface area contributed by atoms with Crippen LogP contribution in [-0.4, -0.2) is 0 Å². The van der Waals surface area contributed by atoms with Crippen molar-refractivity contribution in [1.29, 1.82) is 0 Å². The van der Waals surface area contributed by atoms with Gasteiger partial charge in [-0.1, -0.05) is 184 Å². The molecule has 266 valence electrons. The summed E-state index contributed by atoms with van der Waals surface area (Å²) >= 11 is 0. The van der Waals surface area contributed by atoms with E-state index in [1.54, 1.807) is 0 Å². The molecule has 0 N–H and O–H groups in total. The molecule has 0 heterocycles. The number of benzene rings is 9. The van der Waals surface area contributed by atoms with Gasteiger partial charge in [0.25, 0.3) is 0 Å². The highest BCUT2D eigenvalue weighted by molar-refractivity contribution is 5.97. The number of anilines is 3. The summed E-state index contributed by atoms with van der Waals surface area (Å²) in [5.41, 5.74) is 18.5. The van der Waals surface area contributed by atoms with E-state index in [1.165, 1.54) is 77.5 Å². The summed E-state index contributed by atoms with van der Waals surface area (Å²) in [4.78, 5) is 2.38. The molecular weight excluding hydrogens is 675 g/mol. The molecule has 1 heteroatoms. The van der Waals surface area contributed by atoms with Gasteiger partial charge < -0.3 is 4.90 Å². The molecule has 1 aliphatic rings. The van der Waals surface area contributed by atoms with Gasteiger partial charge in [0.15, 0.2) is 0 Å². The second-order valence-corrected chi connectivity index (χ2v) is 15.4. The van der Waals surface area contributed by atoms with E-state index in [0.717, 1.165) is 17.1 Å². The van der Waals surface area contributed by atoms with E-state index < -0.39 is 0 Å². The maximum atomic E-state index is 2.40. The van der Waals surface area contributed by atoms with Crippen molar-refractivity contribution in [2.75, 3.05) is 4.90 Å². The summed E-state index contributed by atoms with van der Waals surface area (Å²) in [6, 6.07) is 77.5. The summed E-state index contributed by atoms with van der Waals surface area (Å²) in [6.45, 7) is 4.69. The van der Waals surface area contributed by atoms with Crippen molar-refractivity contribution in [3.05, 3.63) is 223 Å². The SMILES string of the molecule is CC1(C)c2ccccc2-c2ccc(-c3ccc(N(c4ccc(-c5ccc(-c6ccccc6)cc5)cc4)c4cccc(-c5cccc6ccccc56)c4)cc3)cc21. The van der Waals surface area contributed by atoms with Gasteiger partial charge >= 0.3 is 0 Å². The van der Waals surface area contributed by atoms with Crippen LogP contribution >= 0.6 is 0 Å². The van der Waals surface area contributed by atoms with E-state index in [4.69, 9.17) is 0 Å². The fourth-order valence-corrected chi connectivity index (χ4v) is 8.71. The molecule has 0 amide bonds. The van der Waals surface area contributed by atoms with Crippen LogP contribution in [-0.2, 0) is 5.41 Å². The minimum atomic E-state index is -0.0378. The highest BCUT2D eigenvalue weighted by Gasteiger charge is 2.35. The molecule has 0 saturated heterocycles. The molecule has 10 rings (SSSR count). The lowest BCUT2D eigenvalue weighted by molar-refractivity contribution is 0.660. The molecule has 1 aliphatic carbocycles. The zero-order valence-electron chi connectivity index (χ0n) is 31.7. The van der Waals surface area contributed by atoms with Crippen LogP contribution in [0.25, 0.3) is 66.4 Å². The average Bonchev–Trinajstić information content (AvgIpc) is 3.50. The van der Waals surface area contributed by atoms with Crippen LogP contribution in [0.4, 0.5) is 17.1 Å². The van der Waals surface area contributed by atoms with E-state index in [0.29, 0.717) is 0 Å². The molecule has 0 unspecified atom stereocenters. The van der Waals surface area contributed by atoms with Gasteiger partial charge in [-0.2, -0.15) is 0 Å². The van der Waals surface area contributed by atoms with Gasteiger partial charge in [-0.15, -0.1) is 0 Å².